The predicted molar refractivity (Wildman–Crippen MR) is 95.6 cm³/mol. The fourth-order valence-corrected chi connectivity index (χ4v) is 5.81. The number of ether oxygens (including phenoxy) is 1. The molecule has 1 spiro atoms. The fourth-order valence-electron chi connectivity index (χ4n) is 5.81. The van der Waals surface area contributed by atoms with Crippen molar-refractivity contribution in [3.05, 3.63) is 11.6 Å². The van der Waals surface area contributed by atoms with E-state index in [9.17, 15) is 5.11 Å². The molecule has 3 fully saturated rings. The third kappa shape index (κ3) is 2.49. The van der Waals surface area contributed by atoms with Crippen LogP contribution in [0.5, 0.6) is 0 Å². The van der Waals surface area contributed by atoms with Crippen LogP contribution < -0.4 is 0 Å². The summed E-state index contributed by atoms with van der Waals surface area (Å²) in [5.74, 6) is 0.697. The van der Waals surface area contributed by atoms with Gasteiger partial charge in [-0.15, -0.1) is 0 Å². The van der Waals surface area contributed by atoms with Crippen LogP contribution in [0.4, 0.5) is 0 Å². The Morgan fingerprint density at radius 3 is 2.62 bits per heavy atom. The average molecular weight is 335 g/mol. The highest BCUT2D eigenvalue weighted by Crippen LogP contribution is 2.62. The Balaban J connectivity index is 1.62. The standard InChI is InChI=1S/C20H34N2O2/c1-14(2)18-12-19-15(3)5-6-17(19)16(11-20(18,23)24-19)13-22-9-7-21(4)8-10-22/h11,14-15,17-18,23H,5-10,12-13H2,1-4H3/t15-,17?,18-,19-,20-/m0/s1. The van der Waals surface area contributed by atoms with Crippen LogP contribution in [0.2, 0.25) is 0 Å². The number of fused-ring (bicyclic) bond motifs is 1. The summed E-state index contributed by atoms with van der Waals surface area (Å²) in [6.07, 6.45) is 5.60. The van der Waals surface area contributed by atoms with Crippen LogP contribution >= 0.6 is 0 Å². The Bertz CT molecular complexity index is 526. The summed E-state index contributed by atoms with van der Waals surface area (Å²) in [7, 11) is 2.20. The Labute approximate surface area is 146 Å². The minimum absolute atomic E-state index is 0.111. The summed E-state index contributed by atoms with van der Waals surface area (Å²) in [6.45, 7) is 12.4. The normalized spacial score (nSPS) is 46.4. The lowest BCUT2D eigenvalue weighted by atomic mass is 9.76. The molecule has 2 saturated heterocycles. The molecule has 1 aliphatic carbocycles. The number of nitrogens with zero attached hydrogens (tertiary/aromatic N) is 2. The lowest BCUT2D eigenvalue weighted by molar-refractivity contribution is -0.234. The maximum Gasteiger partial charge on any atom is 0.189 e. The predicted octanol–water partition coefficient (Wildman–Crippen LogP) is 2.34. The summed E-state index contributed by atoms with van der Waals surface area (Å²) in [6, 6.07) is 0. The summed E-state index contributed by atoms with van der Waals surface area (Å²) in [5.41, 5.74) is 1.35. The van der Waals surface area contributed by atoms with Crippen molar-refractivity contribution in [1.82, 2.24) is 9.80 Å². The van der Waals surface area contributed by atoms with E-state index < -0.39 is 5.79 Å². The SMILES string of the molecule is CC(C)[C@@H]1C[C@@]23O[C@@]1(O)C=C(CN1CCN(C)CC1)C2CC[C@@H]3C. The summed E-state index contributed by atoms with van der Waals surface area (Å²) < 4.78 is 6.47. The number of aliphatic hydroxyl groups is 1. The molecular formula is C20H34N2O2. The first-order valence-electron chi connectivity index (χ1n) is 9.89. The quantitative estimate of drug-likeness (QED) is 0.804. The van der Waals surface area contributed by atoms with E-state index in [1.54, 1.807) is 0 Å². The van der Waals surface area contributed by atoms with E-state index in [0.717, 1.165) is 39.1 Å². The maximum absolute atomic E-state index is 11.3. The van der Waals surface area contributed by atoms with Crippen molar-refractivity contribution in [2.75, 3.05) is 39.8 Å². The first kappa shape index (κ1) is 17.0. The molecule has 4 aliphatic rings. The second-order valence-electron chi connectivity index (χ2n) is 9.19. The van der Waals surface area contributed by atoms with Crippen molar-refractivity contribution in [3.8, 4) is 0 Å². The fraction of sp³-hybridized carbons (Fsp3) is 0.900. The molecule has 0 aromatic rings. The molecule has 1 N–H and O–H groups in total. The van der Waals surface area contributed by atoms with Gasteiger partial charge in [0.05, 0.1) is 5.60 Å². The van der Waals surface area contributed by atoms with Crippen LogP contribution in [0.3, 0.4) is 0 Å². The van der Waals surface area contributed by atoms with Gasteiger partial charge in [0, 0.05) is 44.6 Å². The molecule has 4 heteroatoms. The molecule has 1 saturated carbocycles. The van der Waals surface area contributed by atoms with Crippen LogP contribution in [0, 0.1) is 23.7 Å². The molecule has 4 rings (SSSR count). The molecule has 24 heavy (non-hydrogen) atoms. The van der Waals surface area contributed by atoms with Gasteiger partial charge < -0.3 is 14.7 Å². The minimum Gasteiger partial charge on any atom is -0.362 e. The van der Waals surface area contributed by atoms with E-state index >= 15 is 0 Å². The molecule has 136 valence electrons. The first-order valence-corrected chi connectivity index (χ1v) is 9.89. The van der Waals surface area contributed by atoms with E-state index in [0.29, 0.717) is 17.8 Å². The van der Waals surface area contributed by atoms with Crippen LogP contribution in [-0.4, -0.2) is 66.1 Å². The third-order valence-electron chi connectivity index (χ3n) is 7.38. The Morgan fingerprint density at radius 1 is 1.25 bits per heavy atom. The second-order valence-corrected chi connectivity index (χ2v) is 9.19. The van der Waals surface area contributed by atoms with Gasteiger partial charge in [0.15, 0.2) is 5.79 Å². The molecule has 1 unspecified atom stereocenters. The molecule has 0 aromatic carbocycles. The molecule has 4 nitrogen and oxygen atoms in total. The summed E-state index contributed by atoms with van der Waals surface area (Å²) >= 11 is 0. The molecule has 0 aromatic heterocycles. The van der Waals surface area contributed by atoms with Crippen LogP contribution in [-0.2, 0) is 4.74 Å². The third-order valence-corrected chi connectivity index (χ3v) is 7.38. The van der Waals surface area contributed by atoms with Gasteiger partial charge in [-0.25, -0.2) is 0 Å². The second kappa shape index (κ2) is 5.80. The van der Waals surface area contributed by atoms with Crippen molar-refractivity contribution < 1.29 is 9.84 Å². The molecule has 2 bridgehead atoms. The molecule has 0 radical (unpaired) electrons. The number of likely N-dealkylation sites (N-methyl/N-ethyl adjacent to an activating group) is 1. The average Bonchev–Trinajstić information content (AvgIpc) is 2.97. The van der Waals surface area contributed by atoms with Crippen LogP contribution in [0.25, 0.3) is 0 Å². The lowest BCUT2D eigenvalue weighted by Crippen LogP contribution is -2.50. The van der Waals surface area contributed by atoms with E-state index in [4.69, 9.17) is 4.74 Å². The smallest absolute Gasteiger partial charge is 0.189 e. The van der Waals surface area contributed by atoms with Crippen molar-refractivity contribution in [1.29, 1.82) is 0 Å². The van der Waals surface area contributed by atoms with Gasteiger partial charge in [-0.2, -0.15) is 0 Å². The van der Waals surface area contributed by atoms with Gasteiger partial charge in [-0.3, -0.25) is 4.90 Å². The highest BCUT2D eigenvalue weighted by atomic mass is 16.6. The minimum atomic E-state index is -1.04. The van der Waals surface area contributed by atoms with Crippen molar-refractivity contribution in [2.24, 2.45) is 23.7 Å². The molecule has 3 aliphatic heterocycles. The van der Waals surface area contributed by atoms with Gasteiger partial charge in [-0.05, 0) is 49.8 Å². The van der Waals surface area contributed by atoms with Crippen molar-refractivity contribution in [2.45, 2.75) is 51.4 Å². The van der Waals surface area contributed by atoms with Gasteiger partial charge in [0.1, 0.15) is 0 Å². The van der Waals surface area contributed by atoms with E-state index in [2.05, 4.69) is 43.7 Å². The summed E-state index contributed by atoms with van der Waals surface area (Å²) in [5, 5.41) is 11.3. The van der Waals surface area contributed by atoms with E-state index in [1.165, 1.54) is 18.4 Å². The Morgan fingerprint density at radius 2 is 1.96 bits per heavy atom. The monoisotopic (exact) mass is 334 g/mol. The van der Waals surface area contributed by atoms with Gasteiger partial charge in [0.25, 0.3) is 0 Å². The molecule has 5 atom stereocenters. The van der Waals surface area contributed by atoms with Crippen LogP contribution in [0.1, 0.15) is 40.0 Å². The Hall–Kier alpha value is -0.420. The first-order chi connectivity index (χ1) is 11.3. The van der Waals surface area contributed by atoms with E-state index in [-0.39, 0.29) is 11.5 Å². The molecular weight excluding hydrogens is 300 g/mol. The van der Waals surface area contributed by atoms with Gasteiger partial charge in [-0.1, -0.05) is 20.8 Å². The van der Waals surface area contributed by atoms with Crippen LogP contribution in [0.15, 0.2) is 11.6 Å². The molecule has 0 amide bonds. The maximum atomic E-state index is 11.3. The lowest BCUT2D eigenvalue weighted by Gasteiger charge is -2.43. The van der Waals surface area contributed by atoms with Crippen molar-refractivity contribution in [3.63, 3.8) is 0 Å². The topological polar surface area (TPSA) is 35.9 Å². The number of hydrogen-bond acceptors (Lipinski definition) is 4. The summed E-state index contributed by atoms with van der Waals surface area (Å²) in [4.78, 5) is 4.97. The number of piperazine rings is 1. The van der Waals surface area contributed by atoms with Gasteiger partial charge >= 0.3 is 0 Å². The van der Waals surface area contributed by atoms with Gasteiger partial charge in [0.2, 0.25) is 0 Å². The zero-order chi connectivity index (χ0) is 17.1. The van der Waals surface area contributed by atoms with E-state index in [1.807, 2.05) is 0 Å². The zero-order valence-corrected chi connectivity index (χ0v) is 15.8. The molecule has 3 heterocycles. The highest BCUT2D eigenvalue weighted by Gasteiger charge is 2.65. The Kier molecular flexibility index (Phi) is 4.11. The largest absolute Gasteiger partial charge is 0.362 e. The number of rotatable bonds is 3. The number of hydrogen-bond donors (Lipinski definition) is 1. The van der Waals surface area contributed by atoms with Crippen molar-refractivity contribution >= 4 is 0 Å². The zero-order valence-electron chi connectivity index (χ0n) is 15.8. The highest BCUT2D eigenvalue weighted by molar-refractivity contribution is 5.30.